The third-order valence-corrected chi connectivity index (χ3v) is 9.16. The van der Waals surface area contributed by atoms with Gasteiger partial charge in [0.2, 0.25) is 11.8 Å². The van der Waals surface area contributed by atoms with Gasteiger partial charge in [-0.1, -0.05) is 45.1 Å². The molecule has 4 rings (SSSR count). The van der Waals surface area contributed by atoms with Gasteiger partial charge in [0.05, 0.1) is 16.6 Å². The first-order valence-electron chi connectivity index (χ1n) is 12.3. The van der Waals surface area contributed by atoms with Gasteiger partial charge in [0.15, 0.2) is 0 Å². The fraction of sp³-hybridized carbons (Fsp3) is 0.731. The van der Waals surface area contributed by atoms with Crippen molar-refractivity contribution < 1.29 is 24.2 Å². The van der Waals surface area contributed by atoms with Gasteiger partial charge in [0.1, 0.15) is 12.6 Å². The summed E-state index contributed by atoms with van der Waals surface area (Å²) in [5.74, 6) is -1.80. The summed E-state index contributed by atoms with van der Waals surface area (Å²) in [6, 6.07) is -0.681. The van der Waals surface area contributed by atoms with Gasteiger partial charge in [-0.15, -0.1) is 11.8 Å². The summed E-state index contributed by atoms with van der Waals surface area (Å²) in [4.78, 5) is 44.8. The Labute approximate surface area is 206 Å². The van der Waals surface area contributed by atoms with Gasteiger partial charge in [0, 0.05) is 30.5 Å². The Morgan fingerprint density at radius 2 is 1.85 bits per heavy atom. The van der Waals surface area contributed by atoms with E-state index >= 15 is 0 Å². The van der Waals surface area contributed by atoms with E-state index in [9.17, 15) is 19.5 Å². The minimum absolute atomic E-state index is 0.0240. The number of cyclic esters (lactones) is 1. The number of aliphatic hydroxyl groups excluding tert-OH is 1. The summed E-state index contributed by atoms with van der Waals surface area (Å²) >= 11 is 1.57. The van der Waals surface area contributed by atoms with Crippen LogP contribution >= 0.6 is 11.8 Å². The summed E-state index contributed by atoms with van der Waals surface area (Å²) in [5.41, 5.74) is -0.383. The van der Waals surface area contributed by atoms with Crippen molar-refractivity contribution in [3.63, 3.8) is 0 Å². The molecule has 1 unspecified atom stereocenters. The third-order valence-electron chi connectivity index (χ3n) is 7.41. The highest BCUT2D eigenvalue weighted by Crippen LogP contribution is 2.61. The molecule has 2 amide bonds. The van der Waals surface area contributed by atoms with Crippen LogP contribution in [0.15, 0.2) is 24.3 Å². The predicted octanol–water partition coefficient (Wildman–Crippen LogP) is 2.78. The van der Waals surface area contributed by atoms with Gasteiger partial charge in [-0.3, -0.25) is 14.4 Å². The SMILES string of the molecule is CC(C)(C)CC(C)(C)N1CC=C[C@]23S[C@@H]4C=CCOC(=O)[C@@H]4[C@H]2C(=O)N(CCCCO)C3C1=O. The molecule has 5 atom stereocenters. The average molecular weight is 491 g/mol. The second kappa shape index (κ2) is 9.01. The Kier molecular flexibility index (Phi) is 6.70. The summed E-state index contributed by atoms with van der Waals surface area (Å²) < 4.78 is 4.60. The Morgan fingerprint density at radius 1 is 1.12 bits per heavy atom. The lowest BCUT2D eigenvalue weighted by molar-refractivity contribution is -0.151. The molecule has 0 aliphatic carbocycles. The van der Waals surface area contributed by atoms with Crippen LogP contribution in [-0.4, -0.2) is 80.6 Å². The van der Waals surface area contributed by atoms with E-state index in [-0.39, 0.29) is 41.7 Å². The van der Waals surface area contributed by atoms with E-state index in [1.807, 2.05) is 29.2 Å². The second-order valence-electron chi connectivity index (χ2n) is 11.8. The van der Waals surface area contributed by atoms with Gasteiger partial charge in [0.25, 0.3) is 0 Å². The summed E-state index contributed by atoms with van der Waals surface area (Å²) in [6.07, 6.45) is 9.85. The van der Waals surface area contributed by atoms with E-state index in [4.69, 9.17) is 4.74 Å². The molecule has 188 valence electrons. The maximum Gasteiger partial charge on any atom is 0.311 e. The molecule has 7 nitrogen and oxygen atoms in total. The standard InChI is InChI=1S/C26H38N2O5S/c1-24(2,3)16-25(4,5)28-13-9-11-26-19(18-17(34-26)10-8-15-33-23(18)32)21(30)27(12-6-7-14-29)20(26)22(28)31/h8-11,17-20,29H,6-7,12-16H2,1-5H3/t17-,18+,19+,20?,26+/m1/s1. The largest absolute Gasteiger partial charge is 0.461 e. The topological polar surface area (TPSA) is 87.2 Å². The molecular formula is C26H38N2O5S. The fourth-order valence-electron chi connectivity index (χ4n) is 6.54. The van der Waals surface area contributed by atoms with Crippen molar-refractivity contribution in [1.82, 2.24) is 9.80 Å². The van der Waals surface area contributed by atoms with Crippen LogP contribution in [0.3, 0.4) is 0 Å². The van der Waals surface area contributed by atoms with E-state index in [1.54, 1.807) is 16.7 Å². The van der Waals surface area contributed by atoms with Gasteiger partial charge in [-0.25, -0.2) is 0 Å². The highest BCUT2D eigenvalue weighted by atomic mass is 32.2. The number of amides is 2. The van der Waals surface area contributed by atoms with Crippen molar-refractivity contribution in [2.75, 3.05) is 26.3 Å². The summed E-state index contributed by atoms with van der Waals surface area (Å²) in [6.45, 7) is 11.8. The third kappa shape index (κ3) is 4.21. The monoisotopic (exact) mass is 490 g/mol. The lowest BCUT2D eigenvalue weighted by Crippen LogP contribution is -2.58. The number of esters is 1. The van der Waals surface area contributed by atoms with Crippen molar-refractivity contribution in [2.24, 2.45) is 17.3 Å². The second-order valence-corrected chi connectivity index (χ2v) is 13.3. The van der Waals surface area contributed by atoms with Crippen LogP contribution in [0.4, 0.5) is 0 Å². The number of thioether (sulfide) groups is 1. The Hall–Kier alpha value is -1.80. The van der Waals surface area contributed by atoms with Crippen LogP contribution in [0.25, 0.3) is 0 Å². The molecule has 0 aromatic carbocycles. The van der Waals surface area contributed by atoms with Gasteiger partial charge >= 0.3 is 5.97 Å². The summed E-state index contributed by atoms with van der Waals surface area (Å²) in [5, 5.41) is 9.11. The molecule has 34 heavy (non-hydrogen) atoms. The zero-order valence-electron chi connectivity index (χ0n) is 21.0. The van der Waals surface area contributed by atoms with E-state index in [0.717, 1.165) is 6.42 Å². The molecule has 2 fully saturated rings. The number of ether oxygens (including phenoxy) is 1. The molecule has 8 heteroatoms. The van der Waals surface area contributed by atoms with Crippen LogP contribution in [0.2, 0.25) is 0 Å². The molecule has 4 heterocycles. The van der Waals surface area contributed by atoms with Crippen LogP contribution in [0.5, 0.6) is 0 Å². The van der Waals surface area contributed by atoms with Crippen LogP contribution < -0.4 is 0 Å². The molecule has 0 radical (unpaired) electrons. The fourth-order valence-corrected chi connectivity index (χ4v) is 8.54. The molecular weight excluding hydrogens is 452 g/mol. The molecule has 0 bridgehead atoms. The smallest absolute Gasteiger partial charge is 0.311 e. The number of nitrogens with zero attached hydrogens (tertiary/aromatic N) is 2. The number of unbranched alkanes of at least 4 members (excludes halogenated alkanes) is 1. The Bertz CT molecular complexity index is 907. The van der Waals surface area contributed by atoms with E-state index in [2.05, 4.69) is 34.6 Å². The number of likely N-dealkylation sites (tertiary alicyclic amines) is 1. The molecule has 0 saturated carbocycles. The molecule has 0 aromatic heterocycles. The molecule has 1 spiro atoms. The van der Waals surface area contributed by atoms with Crippen molar-refractivity contribution in [3.8, 4) is 0 Å². The van der Waals surface area contributed by atoms with Crippen molar-refractivity contribution in [3.05, 3.63) is 24.3 Å². The summed E-state index contributed by atoms with van der Waals surface area (Å²) in [7, 11) is 0. The lowest BCUT2D eigenvalue weighted by atomic mass is 9.78. The van der Waals surface area contributed by atoms with Crippen molar-refractivity contribution in [1.29, 1.82) is 0 Å². The zero-order chi connectivity index (χ0) is 24.9. The van der Waals surface area contributed by atoms with Gasteiger partial charge in [-0.05, 0) is 38.5 Å². The Morgan fingerprint density at radius 3 is 2.53 bits per heavy atom. The average Bonchev–Trinajstić information content (AvgIpc) is 3.00. The van der Waals surface area contributed by atoms with E-state index in [0.29, 0.717) is 25.9 Å². The maximum absolute atomic E-state index is 14.3. The minimum atomic E-state index is -0.810. The van der Waals surface area contributed by atoms with Crippen LogP contribution in [-0.2, 0) is 19.1 Å². The number of fused-ring (bicyclic) bond motifs is 2. The predicted molar refractivity (Wildman–Crippen MR) is 132 cm³/mol. The van der Waals surface area contributed by atoms with Gasteiger partial charge < -0.3 is 19.6 Å². The molecule has 4 aliphatic rings. The van der Waals surface area contributed by atoms with Crippen LogP contribution in [0.1, 0.15) is 53.9 Å². The lowest BCUT2D eigenvalue weighted by Gasteiger charge is -2.44. The van der Waals surface area contributed by atoms with E-state index < -0.39 is 28.2 Å². The first-order valence-corrected chi connectivity index (χ1v) is 13.2. The first kappa shape index (κ1) is 25.3. The number of rotatable bonds is 6. The van der Waals surface area contributed by atoms with Crippen molar-refractivity contribution in [2.45, 2.75) is 75.5 Å². The van der Waals surface area contributed by atoms with Crippen LogP contribution in [0, 0.1) is 17.3 Å². The van der Waals surface area contributed by atoms with Crippen molar-refractivity contribution >= 4 is 29.5 Å². The highest BCUT2D eigenvalue weighted by molar-refractivity contribution is 8.02. The molecule has 4 aliphatic heterocycles. The quantitative estimate of drug-likeness (QED) is 0.350. The minimum Gasteiger partial charge on any atom is -0.461 e. The van der Waals surface area contributed by atoms with Gasteiger partial charge in [-0.2, -0.15) is 0 Å². The maximum atomic E-state index is 14.3. The number of aliphatic hydroxyl groups is 1. The first-order chi connectivity index (χ1) is 15.9. The number of hydrogen-bond acceptors (Lipinski definition) is 6. The number of carbonyl (C=O) groups is 3. The highest BCUT2D eigenvalue weighted by Gasteiger charge is 2.71. The number of carbonyl (C=O) groups excluding carboxylic acids is 3. The number of hydrogen-bond donors (Lipinski definition) is 1. The molecule has 1 N–H and O–H groups in total. The Balaban J connectivity index is 1.77. The molecule has 0 aromatic rings. The zero-order valence-corrected chi connectivity index (χ0v) is 21.8. The van der Waals surface area contributed by atoms with E-state index in [1.165, 1.54) is 0 Å². The molecule has 2 saturated heterocycles. The normalized spacial score (nSPS) is 33.4.